The van der Waals surface area contributed by atoms with Crippen molar-refractivity contribution in [3.05, 3.63) is 77.7 Å². The van der Waals surface area contributed by atoms with E-state index < -0.39 is 0 Å². The molecule has 1 aliphatic heterocycles. The van der Waals surface area contributed by atoms with Gasteiger partial charge < -0.3 is 9.64 Å². The monoisotopic (exact) mass is 303 g/mol. The Morgan fingerprint density at radius 1 is 0.913 bits per heavy atom. The highest BCUT2D eigenvalue weighted by atomic mass is 16.5. The van der Waals surface area contributed by atoms with Crippen molar-refractivity contribution < 1.29 is 4.74 Å². The van der Waals surface area contributed by atoms with Crippen LogP contribution in [0.1, 0.15) is 20.8 Å². The Morgan fingerprint density at radius 3 is 2.39 bits per heavy atom. The summed E-state index contributed by atoms with van der Waals surface area (Å²) in [6.07, 6.45) is 2.36. The van der Waals surface area contributed by atoms with Crippen LogP contribution in [0, 0.1) is 11.8 Å². The second kappa shape index (κ2) is 5.31. The normalized spacial score (nSPS) is 22.9. The molecule has 0 amide bonds. The van der Waals surface area contributed by atoms with Crippen molar-refractivity contribution >= 4 is 11.4 Å². The predicted molar refractivity (Wildman–Crippen MR) is 94.8 cm³/mol. The van der Waals surface area contributed by atoms with Gasteiger partial charge in [-0.15, -0.1) is 0 Å². The predicted octanol–water partition coefficient (Wildman–Crippen LogP) is 5.66. The number of para-hydroxylation sites is 3. The molecule has 0 aromatic heterocycles. The minimum absolute atomic E-state index is 0.306. The van der Waals surface area contributed by atoms with Gasteiger partial charge in [-0.3, -0.25) is 0 Å². The van der Waals surface area contributed by atoms with E-state index in [9.17, 15) is 0 Å². The van der Waals surface area contributed by atoms with E-state index in [4.69, 9.17) is 4.74 Å². The van der Waals surface area contributed by atoms with Crippen LogP contribution in [0.15, 0.2) is 77.7 Å². The maximum Gasteiger partial charge on any atom is 0.151 e. The third-order valence-electron chi connectivity index (χ3n) is 4.85. The van der Waals surface area contributed by atoms with Gasteiger partial charge in [0.25, 0.3) is 0 Å². The van der Waals surface area contributed by atoms with Crippen molar-refractivity contribution in [2.24, 2.45) is 11.8 Å². The zero-order valence-corrected chi connectivity index (χ0v) is 13.8. The van der Waals surface area contributed by atoms with Crippen molar-refractivity contribution in [1.29, 1.82) is 0 Å². The van der Waals surface area contributed by atoms with Crippen LogP contribution >= 0.6 is 0 Å². The molecular formula is C21H21NO. The highest BCUT2D eigenvalue weighted by molar-refractivity contribution is 5.76. The average molecular weight is 303 g/mol. The number of fused-ring (bicyclic) bond motifs is 1. The number of hydrogen-bond donors (Lipinski definition) is 0. The van der Waals surface area contributed by atoms with Crippen LogP contribution in [0.2, 0.25) is 0 Å². The highest BCUT2D eigenvalue weighted by Crippen LogP contribution is 2.48. The minimum atomic E-state index is 0.306. The molecule has 2 atom stereocenters. The van der Waals surface area contributed by atoms with E-state index in [0.717, 1.165) is 17.2 Å². The standard InChI is InChI=1S/C21H21NO/c1-14-13-15(2)20-21(16(14)3)23-19-12-8-7-11-18(19)22(20)17-9-5-4-6-10-17/h4-13,15-16H,1-3H3. The van der Waals surface area contributed by atoms with E-state index in [1.54, 1.807) is 0 Å². The van der Waals surface area contributed by atoms with Gasteiger partial charge in [0.2, 0.25) is 0 Å². The van der Waals surface area contributed by atoms with Gasteiger partial charge in [-0.1, -0.05) is 55.8 Å². The van der Waals surface area contributed by atoms with Crippen LogP contribution in [0.4, 0.5) is 11.4 Å². The minimum Gasteiger partial charge on any atom is -0.457 e. The van der Waals surface area contributed by atoms with Crippen LogP contribution in [-0.4, -0.2) is 0 Å². The number of benzene rings is 2. The molecule has 1 aliphatic carbocycles. The molecule has 2 unspecified atom stereocenters. The van der Waals surface area contributed by atoms with Crippen LogP contribution < -0.4 is 9.64 Å². The Hall–Kier alpha value is -2.48. The van der Waals surface area contributed by atoms with E-state index >= 15 is 0 Å². The summed E-state index contributed by atoms with van der Waals surface area (Å²) in [6, 6.07) is 18.9. The maximum absolute atomic E-state index is 6.34. The van der Waals surface area contributed by atoms with Crippen LogP contribution in [0.25, 0.3) is 0 Å². The first kappa shape index (κ1) is 14.1. The summed E-state index contributed by atoms with van der Waals surface area (Å²) in [5.41, 5.74) is 4.93. The Morgan fingerprint density at radius 2 is 1.61 bits per heavy atom. The molecule has 2 aliphatic rings. The topological polar surface area (TPSA) is 12.5 Å². The van der Waals surface area contributed by atoms with Gasteiger partial charge in [0.1, 0.15) is 5.76 Å². The summed E-state index contributed by atoms with van der Waals surface area (Å²) in [7, 11) is 0. The average Bonchev–Trinajstić information content (AvgIpc) is 2.59. The first-order valence-electron chi connectivity index (χ1n) is 8.21. The van der Waals surface area contributed by atoms with Gasteiger partial charge in [0.05, 0.1) is 11.4 Å². The maximum atomic E-state index is 6.34. The summed E-state index contributed by atoms with van der Waals surface area (Å²) in [6.45, 7) is 6.67. The van der Waals surface area contributed by atoms with Crippen molar-refractivity contribution in [2.75, 3.05) is 4.90 Å². The second-order valence-corrected chi connectivity index (χ2v) is 6.41. The first-order valence-corrected chi connectivity index (χ1v) is 8.21. The largest absolute Gasteiger partial charge is 0.457 e. The zero-order chi connectivity index (χ0) is 16.0. The van der Waals surface area contributed by atoms with Gasteiger partial charge in [0.15, 0.2) is 5.75 Å². The third kappa shape index (κ3) is 2.17. The van der Waals surface area contributed by atoms with Gasteiger partial charge >= 0.3 is 0 Å². The molecule has 0 bridgehead atoms. The molecule has 23 heavy (non-hydrogen) atoms. The molecule has 4 rings (SSSR count). The Balaban J connectivity index is 1.95. The molecule has 2 aromatic rings. The molecule has 0 saturated carbocycles. The lowest BCUT2D eigenvalue weighted by molar-refractivity contribution is 0.346. The van der Waals surface area contributed by atoms with Crippen molar-refractivity contribution in [2.45, 2.75) is 20.8 Å². The van der Waals surface area contributed by atoms with E-state index in [0.29, 0.717) is 11.8 Å². The molecule has 1 heterocycles. The quantitative estimate of drug-likeness (QED) is 0.630. The molecule has 116 valence electrons. The van der Waals surface area contributed by atoms with Crippen LogP contribution in [-0.2, 0) is 0 Å². The summed E-state index contributed by atoms with van der Waals surface area (Å²) >= 11 is 0. The molecule has 0 spiro atoms. The van der Waals surface area contributed by atoms with Crippen LogP contribution in [0.3, 0.4) is 0 Å². The Labute approximate surface area is 137 Å². The fraction of sp³-hybridized carbons (Fsp3) is 0.238. The number of hydrogen-bond acceptors (Lipinski definition) is 2. The molecule has 2 heteroatoms. The lowest BCUT2D eigenvalue weighted by atomic mass is 9.85. The van der Waals surface area contributed by atoms with E-state index in [2.05, 4.69) is 80.3 Å². The Bertz CT molecular complexity index is 804. The van der Waals surface area contributed by atoms with Gasteiger partial charge in [-0.2, -0.15) is 0 Å². The van der Waals surface area contributed by atoms with Gasteiger partial charge in [-0.25, -0.2) is 0 Å². The summed E-state index contributed by atoms with van der Waals surface area (Å²) in [5, 5.41) is 0. The van der Waals surface area contributed by atoms with Crippen molar-refractivity contribution in [3.8, 4) is 5.75 Å². The zero-order valence-electron chi connectivity index (χ0n) is 13.8. The molecule has 0 fully saturated rings. The smallest absolute Gasteiger partial charge is 0.151 e. The van der Waals surface area contributed by atoms with Crippen molar-refractivity contribution in [1.82, 2.24) is 0 Å². The highest BCUT2D eigenvalue weighted by Gasteiger charge is 2.35. The first-order chi connectivity index (χ1) is 11.2. The summed E-state index contributed by atoms with van der Waals surface area (Å²) in [5.74, 6) is 2.65. The SMILES string of the molecule is CC1=CC(C)C2=C(Oc3ccccc3N2c2ccccc2)C1C. The molecule has 0 N–H and O–H groups in total. The number of ether oxygens (including phenoxy) is 1. The molecular weight excluding hydrogens is 282 g/mol. The third-order valence-corrected chi connectivity index (χ3v) is 4.85. The molecule has 0 radical (unpaired) electrons. The summed E-state index contributed by atoms with van der Waals surface area (Å²) < 4.78 is 6.34. The fourth-order valence-electron chi connectivity index (χ4n) is 3.56. The van der Waals surface area contributed by atoms with E-state index in [1.807, 2.05) is 6.07 Å². The van der Waals surface area contributed by atoms with Gasteiger partial charge in [-0.05, 0) is 31.2 Å². The molecule has 2 aromatic carbocycles. The summed E-state index contributed by atoms with van der Waals surface area (Å²) in [4.78, 5) is 2.36. The van der Waals surface area contributed by atoms with E-state index in [-0.39, 0.29) is 0 Å². The van der Waals surface area contributed by atoms with Gasteiger partial charge in [0, 0.05) is 17.5 Å². The van der Waals surface area contributed by atoms with Crippen molar-refractivity contribution in [3.63, 3.8) is 0 Å². The Kier molecular flexibility index (Phi) is 3.26. The number of allylic oxidation sites excluding steroid dienone is 2. The molecule has 0 saturated heterocycles. The molecule has 2 nitrogen and oxygen atoms in total. The number of rotatable bonds is 1. The lowest BCUT2D eigenvalue weighted by Crippen LogP contribution is -2.32. The number of nitrogens with zero attached hydrogens (tertiary/aromatic N) is 1. The van der Waals surface area contributed by atoms with E-state index in [1.165, 1.54) is 17.0 Å². The lowest BCUT2D eigenvalue weighted by Gasteiger charge is -2.41. The number of anilines is 2. The second-order valence-electron chi connectivity index (χ2n) is 6.41. The fourth-order valence-corrected chi connectivity index (χ4v) is 3.56. The van der Waals surface area contributed by atoms with Crippen LogP contribution in [0.5, 0.6) is 5.75 Å².